The second-order valence-electron chi connectivity index (χ2n) is 6.72. The van der Waals surface area contributed by atoms with Gasteiger partial charge in [0.2, 0.25) is 5.91 Å². The fraction of sp³-hybridized carbons (Fsp3) is 0.300. The van der Waals surface area contributed by atoms with Gasteiger partial charge in [0, 0.05) is 23.3 Å². The number of nitrogens with zero attached hydrogens (tertiary/aromatic N) is 2. The molecule has 1 amide bonds. The molecule has 1 aliphatic heterocycles. The number of carbonyl (C=O) groups excluding carboxylic acids is 1. The number of aromatic nitrogens is 2. The summed E-state index contributed by atoms with van der Waals surface area (Å²) < 4.78 is 2.05. The maximum Gasteiger partial charge on any atom is 0.227 e. The zero-order valence-electron chi connectivity index (χ0n) is 14.7. The Morgan fingerprint density at radius 3 is 2.73 bits per heavy atom. The molecule has 1 aliphatic rings. The maximum atomic E-state index is 12.4. The summed E-state index contributed by atoms with van der Waals surface area (Å²) in [5.74, 6) is 0.211. The Morgan fingerprint density at radius 1 is 1.19 bits per heavy atom. The Hall–Kier alpha value is -2.37. The number of carbonyl (C=O) groups is 1. The fourth-order valence-corrected chi connectivity index (χ4v) is 3.48. The van der Waals surface area contributed by atoms with Crippen molar-refractivity contribution in [1.29, 1.82) is 0 Å². The number of para-hydroxylation sites is 2. The Morgan fingerprint density at radius 2 is 1.96 bits per heavy atom. The van der Waals surface area contributed by atoms with Crippen molar-refractivity contribution in [2.45, 2.75) is 25.8 Å². The van der Waals surface area contributed by atoms with Gasteiger partial charge in [-0.1, -0.05) is 12.1 Å². The van der Waals surface area contributed by atoms with E-state index in [1.165, 1.54) is 0 Å². The van der Waals surface area contributed by atoms with E-state index in [2.05, 4.69) is 33.2 Å². The number of benzene rings is 2. The van der Waals surface area contributed by atoms with Crippen LogP contribution in [0.15, 0.2) is 54.9 Å². The molecular formula is C20H23ClN4O. The first-order chi connectivity index (χ1) is 12.2. The minimum atomic E-state index is 0. The SMILES string of the molecule is C[C@H]1C[C@@H](C(=O)Nc2ccc(-n3cnc4ccccc43)cc2)CCN1.Cl. The highest BCUT2D eigenvalue weighted by Gasteiger charge is 2.24. The maximum absolute atomic E-state index is 12.4. The molecule has 2 atom stereocenters. The first-order valence-corrected chi connectivity index (χ1v) is 8.77. The van der Waals surface area contributed by atoms with Crippen molar-refractivity contribution >= 4 is 35.0 Å². The van der Waals surface area contributed by atoms with Crippen molar-refractivity contribution in [1.82, 2.24) is 14.9 Å². The highest BCUT2D eigenvalue weighted by atomic mass is 35.5. The number of rotatable bonds is 3. The van der Waals surface area contributed by atoms with Gasteiger partial charge >= 0.3 is 0 Å². The van der Waals surface area contributed by atoms with Gasteiger partial charge in [-0.05, 0) is 62.7 Å². The minimum absolute atomic E-state index is 0. The Bertz CT molecular complexity index is 890. The quantitative estimate of drug-likeness (QED) is 0.737. The Balaban J connectivity index is 0.00000196. The second kappa shape index (κ2) is 7.89. The number of hydrogen-bond donors (Lipinski definition) is 2. The van der Waals surface area contributed by atoms with Crippen LogP contribution in [0.4, 0.5) is 5.69 Å². The first-order valence-electron chi connectivity index (χ1n) is 8.77. The fourth-order valence-electron chi connectivity index (χ4n) is 3.48. The molecular weight excluding hydrogens is 348 g/mol. The Labute approximate surface area is 159 Å². The number of anilines is 1. The summed E-state index contributed by atoms with van der Waals surface area (Å²) in [4.78, 5) is 16.9. The monoisotopic (exact) mass is 370 g/mol. The first kappa shape index (κ1) is 18.4. The van der Waals surface area contributed by atoms with E-state index < -0.39 is 0 Å². The van der Waals surface area contributed by atoms with E-state index in [1.807, 2.05) is 48.8 Å². The van der Waals surface area contributed by atoms with Gasteiger partial charge in [0.05, 0.1) is 11.0 Å². The second-order valence-corrected chi connectivity index (χ2v) is 6.72. The van der Waals surface area contributed by atoms with Crippen molar-refractivity contribution in [2.24, 2.45) is 5.92 Å². The summed E-state index contributed by atoms with van der Waals surface area (Å²) >= 11 is 0. The topological polar surface area (TPSA) is 59.0 Å². The molecule has 4 rings (SSSR count). The van der Waals surface area contributed by atoms with Crippen molar-refractivity contribution in [3.63, 3.8) is 0 Å². The van der Waals surface area contributed by atoms with Crippen molar-refractivity contribution in [2.75, 3.05) is 11.9 Å². The standard InChI is InChI=1S/C20H22N4O.ClH/c1-14-12-15(10-11-21-14)20(25)23-16-6-8-17(9-7-16)24-13-22-18-4-2-3-5-19(18)24;/h2-9,13-15,21H,10-12H2,1H3,(H,23,25);1H/t14-,15-;/m0./s1. The van der Waals surface area contributed by atoms with Gasteiger partial charge in [-0.15, -0.1) is 12.4 Å². The Kier molecular flexibility index (Phi) is 5.59. The van der Waals surface area contributed by atoms with E-state index in [0.717, 1.165) is 41.8 Å². The average molecular weight is 371 g/mol. The zero-order chi connectivity index (χ0) is 17.2. The molecule has 0 radical (unpaired) electrons. The number of nitrogens with one attached hydrogen (secondary N) is 2. The molecule has 3 aromatic rings. The van der Waals surface area contributed by atoms with Crippen LogP contribution in [0.2, 0.25) is 0 Å². The van der Waals surface area contributed by atoms with Gasteiger partial charge < -0.3 is 10.6 Å². The van der Waals surface area contributed by atoms with Gasteiger partial charge in [-0.25, -0.2) is 4.98 Å². The number of imidazole rings is 1. The molecule has 0 saturated carbocycles. The molecule has 2 heterocycles. The third-order valence-electron chi connectivity index (χ3n) is 4.86. The molecule has 26 heavy (non-hydrogen) atoms. The van der Waals surface area contributed by atoms with Crippen LogP contribution in [0.25, 0.3) is 16.7 Å². The molecule has 1 saturated heterocycles. The van der Waals surface area contributed by atoms with Crippen LogP contribution >= 0.6 is 12.4 Å². The predicted octanol–water partition coefficient (Wildman–Crippen LogP) is 3.77. The van der Waals surface area contributed by atoms with Crippen molar-refractivity contribution in [3.8, 4) is 5.69 Å². The summed E-state index contributed by atoms with van der Waals surface area (Å²) in [6.45, 7) is 3.04. The third kappa shape index (κ3) is 3.74. The van der Waals surface area contributed by atoms with E-state index in [4.69, 9.17) is 0 Å². The highest BCUT2D eigenvalue weighted by molar-refractivity contribution is 5.92. The van der Waals surface area contributed by atoms with Crippen LogP contribution in [-0.2, 0) is 4.79 Å². The summed E-state index contributed by atoms with van der Waals surface area (Å²) in [6, 6.07) is 16.4. The molecule has 1 fully saturated rings. The normalized spacial score (nSPS) is 19.7. The summed E-state index contributed by atoms with van der Waals surface area (Å²) in [5.41, 5.74) is 3.91. The summed E-state index contributed by atoms with van der Waals surface area (Å²) in [6.07, 6.45) is 3.62. The molecule has 2 N–H and O–H groups in total. The van der Waals surface area contributed by atoms with E-state index in [-0.39, 0.29) is 24.2 Å². The van der Waals surface area contributed by atoms with Crippen LogP contribution in [0.3, 0.4) is 0 Å². The largest absolute Gasteiger partial charge is 0.326 e. The molecule has 5 nitrogen and oxygen atoms in total. The van der Waals surface area contributed by atoms with Crippen LogP contribution in [0, 0.1) is 5.92 Å². The molecule has 1 aromatic heterocycles. The van der Waals surface area contributed by atoms with Crippen LogP contribution < -0.4 is 10.6 Å². The number of fused-ring (bicyclic) bond motifs is 1. The lowest BCUT2D eigenvalue weighted by molar-refractivity contribution is -0.120. The number of halogens is 1. The predicted molar refractivity (Wildman–Crippen MR) is 107 cm³/mol. The van der Waals surface area contributed by atoms with E-state index in [1.54, 1.807) is 0 Å². The number of hydrogen-bond acceptors (Lipinski definition) is 3. The lowest BCUT2D eigenvalue weighted by Crippen LogP contribution is -2.40. The van der Waals surface area contributed by atoms with Gasteiger partial charge in [-0.3, -0.25) is 9.36 Å². The van der Waals surface area contributed by atoms with Crippen molar-refractivity contribution < 1.29 is 4.79 Å². The van der Waals surface area contributed by atoms with Gasteiger partial charge in [0.15, 0.2) is 0 Å². The molecule has 136 valence electrons. The molecule has 0 unspecified atom stereocenters. The highest BCUT2D eigenvalue weighted by Crippen LogP contribution is 2.21. The average Bonchev–Trinajstić information content (AvgIpc) is 3.06. The molecule has 0 bridgehead atoms. The van der Waals surface area contributed by atoms with Crippen molar-refractivity contribution in [3.05, 3.63) is 54.9 Å². The summed E-state index contributed by atoms with van der Waals surface area (Å²) in [5, 5.41) is 6.43. The summed E-state index contributed by atoms with van der Waals surface area (Å²) in [7, 11) is 0. The van der Waals surface area contributed by atoms with E-state index >= 15 is 0 Å². The molecule has 6 heteroatoms. The van der Waals surface area contributed by atoms with Crippen LogP contribution in [0.1, 0.15) is 19.8 Å². The number of piperidine rings is 1. The third-order valence-corrected chi connectivity index (χ3v) is 4.86. The molecule has 0 spiro atoms. The molecule has 2 aromatic carbocycles. The smallest absolute Gasteiger partial charge is 0.227 e. The van der Waals surface area contributed by atoms with E-state index in [9.17, 15) is 4.79 Å². The van der Waals surface area contributed by atoms with Crippen LogP contribution in [0.5, 0.6) is 0 Å². The molecule has 0 aliphatic carbocycles. The van der Waals surface area contributed by atoms with Gasteiger partial charge in [0.1, 0.15) is 6.33 Å². The number of amides is 1. The lowest BCUT2D eigenvalue weighted by Gasteiger charge is -2.27. The minimum Gasteiger partial charge on any atom is -0.326 e. The lowest BCUT2D eigenvalue weighted by atomic mass is 9.92. The van der Waals surface area contributed by atoms with E-state index in [0.29, 0.717) is 6.04 Å². The zero-order valence-corrected chi connectivity index (χ0v) is 15.5. The van der Waals surface area contributed by atoms with Crippen LogP contribution in [-0.4, -0.2) is 28.0 Å². The van der Waals surface area contributed by atoms with Gasteiger partial charge in [0.25, 0.3) is 0 Å². The van der Waals surface area contributed by atoms with Gasteiger partial charge in [-0.2, -0.15) is 0 Å².